The Balaban J connectivity index is 2.57. The van der Waals surface area contributed by atoms with Gasteiger partial charge in [0.2, 0.25) is 0 Å². The van der Waals surface area contributed by atoms with Gasteiger partial charge in [-0.15, -0.1) is 0 Å². The monoisotopic (exact) mass is 241 g/mol. The Morgan fingerprint density at radius 2 is 2.06 bits per heavy atom. The summed E-state index contributed by atoms with van der Waals surface area (Å²) in [6.07, 6.45) is 1.33. The second kappa shape index (κ2) is 4.72. The van der Waals surface area contributed by atoms with E-state index in [-0.39, 0.29) is 0 Å². The second-order valence-electron chi connectivity index (χ2n) is 3.44. The lowest BCUT2D eigenvalue weighted by Gasteiger charge is -2.23. The molecule has 1 aromatic rings. The highest BCUT2D eigenvalue weighted by Gasteiger charge is 2.22. The van der Waals surface area contributed by atoms with E-state index < -0.39 is 0 Å². The summed E-state index contributed by atoms with van der Waals surface area (Å²) >= 11 is 5.99. The SMILES string of the molecule is NCCc1cc(Cl)c(C=O)c2c1OCCO2. The van der Waals surface area contributed by atoms with Crippen molar-refractivity contribution in [2.75, 3.05) is 19.8 Å². The van der Waals surface area contributed by atoms with E-state index in [0.29, 0.717) is 54.6 Å². The molecule has 0 radical (unpaired) electrons. The van der Waals surface area contributed by atoms with Gasteiger partial charge in [0.15, 0.2) is 17.8 Å². The molecule has 16 heavy (non-hydrogen) atoms. The Morgan fingerprint density at radius 1 is 1.38 bits per heavy atom. The number of benzene rings is 1. The highest BCUT2D eigenvalue weighted by molar-refractivity contribution is 6.33. The Morgan fingerprint density at radius 3 is 2.69 bits per heavy atom. The normalized spacial score (nSPS) is 13.6. The van der Waals surface area contributed by atoms with Gasteiger partial charge >= 0.3 is 0 Å². The van der Waals surface area contributed by atoms with Crippen LogP contribution in [0.3, 0.4) is 0 Å². The Labute approximate surface area is 98.3 Å². The largest absolute Gasteiger partial charge is 0.486 e. The fourth-order valence-electron chi connectivity index (χ4n) is 1.71. The number of ether oxygens (including phenoxy) is 2. The lowest BCUT2D eigenvalue weighted by molar-refractivity contribution is 0.111. The average Bonchev–Trinajstić information content (AvgIpc) is 2.30. The number of rotatable bonds is 3. The molecule has 0 fully saturated rings. The molecule has 0 aromatic heterocycles. The number of halogens is 1. The zero-order valence-electron chi connectivity index (χ0n) is 8.66. The molecule has 86 valence electrons. The van der Waals surface area contributed by atoms with Crippen LogP contribution in [0, 0.1) is 0 Å². The van der Waals surface area contributed by atoms with Gasteiger partial charge < -0.3 is 15.2 Å². The van der Waals surface area contributed by atoms with E-state index >= 15 is 0 Å². The molecule has 1 aliphatic heterocycles. The van der Waals surface area contributed by atoms with Gasteiger partial charge in [-0.1, -0.05) is 11.6 Å². The van der Waals surface area contributed by atoms with Gasteiger partial charge in [0.25, 0.3) is 0 Å². The molecule has 5 heteroatoms. The van der Waals surface area contributed by atoms with Crippen LogP contribution in [-0.2, 0) is 6.42 Å². The molecule has 0 bridgehead atoms. The number of nitrogens with two attached hydrogens (primary N) is 1. The van der Waals surface area contributed by atoms with Crippen LogP contribution in [-0.4, -0.2) is 26.0 Å². The summed E-state index contributed by atoms with van der Waals surface area (Å²) in [5, 5.41) is 0.378. The Kier molecular flexibility index (Phi) is 3.31. The van der Waals surface area contributed by atoms with Crippen molar-refractivity contribution in [2.24, 2.45) is 5.73 Å². The van der Waals surface area contributed by atoms with Gasteiger partial charge in [-0.2, -0.15) is 0 Å². The number of carbonyl (C=O) groups excluding carboxylic acids is 1. The highest BCUT2D eigenvalue weighted by atomic mass is 35.5. The van der Waals surface area contributed by atoms with Crippen molar-refractivity contribution in [3.8, 4) is 11.5 Å². The average molecular weight is 242 g/mol. The molecule has 0 saturated carbocycles. The second-order valence-corrected chi connectivity index (χ2v) is 3.85. The van der Waals surface area contributed by atoms with E-state index in [1.54, 1.807) is 6.07 Å². The maximum absolute atomic E-state index is 10.9. The van der Waals surface area contributed by atoms with Crippen molar-refractivity contribution < 1.29 is 14.3 Å². The third-order valence-corrected chi connectivity index (χ3v) is 2.72. The summed E-state index contributed by atoms with van der Waals surface area (Å²) in [5.74, 6) is 1.04. The van der Waals surface area contributed by atoms with Crippen LogP contribution in [0.2, 0.25) is 5.02 Å². The minimum absolute atomic E-state index is 0.345. The van der Waals surface area contributed by atoms with E-state index in [2.05, 4.69) is 0 Å². The molecular formula is C11H12ClNO3. The summed E-state index contributed by atoms with van der Waals surface area (Å²) in [4.78, 5) is 10.9. The summed E-state index contributed by atoms with van der Waals surface area (Å²) in [6.45, 7) is 1.40. The maximum atomic E-state index is 10.9. The van der Waals surface area contributed by atoms with E-state index in [1.807, 2.05) is 0 Å². The molecule has 0 spiro atoms. The van der Waals surface area contributed by atoms with Crippen molar-refractivity contribution in [1.82, 2.24) is 0 Å². The van der Waals surface area contributed by atoms with Crippen molar-refractivity contribution in [2.45, 2.75) is 6.42 Å². The number of hydrogen-bond acceptors (Lipinski definition) is 4. The molecule has 1 aliphatic rings. The number of carbonyl (C=O) groups is 1. The highest BCUT2D eigenvalue weighted by Crippen LogP contribution is 2.40. The quantitative estimate of drug-likeness (QED) is 0.814. The Hall–Kier alpha value is -1.26. The fourth-order valence-corrected chi connectivity index (χ4v) is 1.97. The topological polar surface area (TPSA) is 61.6 Å². The van der Waals surface area contributed by atoms with Crippen molar-refractivity contribution in [3.05, 3.63) is 22.2 Å². The van der Waals surface area contributed by atoms with Gasteiger partial charge in [-0.25, -0.2) is 0 Å². The lowest BCUT2D eigenvalue weighted by atomic mass is 10.1. The predicted octanol–water partition coefficient (Wildman–Crippen LogP) is 1.42. The number of aldehydes is 1. The van der Waals surface area contributed by atoms with Gasteiger partial charge in [-0.05, 0) is 19.0 Å². The molecule has 0 saturated heterocycles. The van der Waals surface area contributed by atoms with Crippen LogP contribution in [0.4, 0.5) is 0 Å². The van der Waals surface area contributed by atoms with Gasteiger partial charge in [0, 0.05) is 5.56 Å². The van der Waals surface area contributed by atoms with Gasteiger partial charge in [-0.3, -0.25) is 4.79 Å². The van der Waals surface area contributed by atoms with Crippen LogP contribution >= 0.6 is 11.6 Å². The van der Waals surface area contributed by atoms with Crippen LogP contribution in [0.1, 0.15) is 15.9 Å². The van der Waals surface area contributed by atoms with E-state index in [4.69, 9.17) is 26.8 Å². The van der Waals surface area contributed by atoms with E-state index in [0.717, 1.165) is 5.56 Å². The molecular weight excluding hydrogens is 230 g/mol. The van der Waals surface area contributed by atoms with E-state index in [1.165, 1.54) is 0 Å². The summed E-state index contributed by atoms with van der Waals surface area (Å²) in [7, 11) is 0. The van der Waals surface area contributed by atoms with Crippen molar-refractivity contribution in [3.63, 3.8) is 0 Å². The minimum Gasteiger partial charge on any atom is -0.486 e. The van der Waals surface area contributed by atoms with Crippen LogP contribution in [0.15, 0.2) is 6.07 Å². The van der Waals surface area contributed by atoms with Gasteiger partial charge in [0.1, 0.15) is 13.2 Å². The molecule has 1 aromatic carbocycles. The maximum Gasteiger partial charge on any atom is 0.173 e. The molecule has 0 unspecified atom stereocenters. The Bertz CT molecular complexity index is 420. The first kappa shape index (κ1) is 11.2. The predicted molar refractivity (Wildman–Crippen MR) is 60.6 cm³/mol. The first-order valence-corrected chi connectivity index (χ1v) is 5.42. The first-order valence-electron chi connectivity index (χ1n) is 5.04. The fraction of sp³-hybridized carbons (Fsp3) is 0.364. The zero-order valence-corrected chi connectivity index (χ0v) is 9.42. The zero-order chi connectivity index (χ0) is 11.5. The molecule has 0 amide bonds. The number of fused-ring (bicyclic) bond motifs is 1. The van der Waals surface area contributed by atoms with E-state index in [9.17, 15) is 4.79 Å². The number of hydrogen-bond donors (Lipinski definition) is 1. The van der Waals surface area contributed by atoms with Crippen molar-refractivity contribution in [1.29, 1.82) is 0 Å². The van der Waals surface area contributed by atoms with Crippen LogP contribution < -0.4 is 15.2 Å². The molecule has 0 atom stereocenters. The van der Waals surface area contributed by atoms with Gasteiger partial charge in [0.05, 0.1) is 10.6 Å². The third-order valence-electron chi connectivity index (χ3n) is 2.41. The molecule has 1 heterocycles. The summed E-state index contributed by atoms with van der Waals surface area (Å²) in [6, 6.07) is 1.71. The third kappa shape index (κ3) is 1.86. The van der Waals surface area contributed by atoms with Crippen LogP contribution in [0.25, 0.3) is 0 Å². The first-order chi connectivity index (χ1) is 7.77. The molecule has 0 aliphatic carbocycles. The molecule has 2 N–H and O–H groups in total. The molecule has 4 nitrogen and oxygen atoms in total. The smallest absolute Gasteiger partial charge is 0.173 e. The van der Waals surface area contributed by atoms with Crippen molar-refractivity contribution >= 4 is 17.9 Å². The van der Waals surface area contributed by atoms with Crippen LogP contribution in [0.5, 0.6) is 11.5 Å². The standard InChI is InChI=1S/C11H12ClNO3/c12-9-5-7(1-2-13)10-11(8(9)6-14)16-4-3-15-10/h5-6H,1-4,13H2. The molecule has 2 rings (SSSR count). The minimum atomic E-state index is 0.345. The lowest BCUT2D eigenvalue weighted by Crippen LogP contribution is -2.19. The summed E-state index contributed by atoms with van der Waals surface area (Å²) in [5.41, 5.74) is 6.73. The summed E-state index contributed by atoms with van der Waals surface area (Å²) < 4.78 is 10.9.